The number of benzene rings is 3. The van der Waals surface area contributed by atoms with Crippen molar-refractivity contribution in [2.45, 2.75) is 46.0 Å². The van der Waals surface area contributed by atoms with Crippen LogP contribution in [0.15, 0.2) is 71.1 Å². The van der Waals surface area contributed by atoms with Gasteiger partial charge in [-0.15, -0.1) is 0 Å². The molecule has 0 aliphatic rings. The molecule has 0 spiro atoms. The smallest absolute Gasteiger partial charge is 0.264 e. The zero-order valence-electron chi connectivity index (χ0n) is 21.0. The number of anilines is 1. The molecule has 2 N–H and O–H groups in total. The van der Waals surface area contributed by atoms with Crippen molar-refractivity contribution in [3.05, 3.63) is 77.9 Å². The van der Waals surface area contributed by atoms with Gasteiger partial charge in [0.25, 0.3) is 5.91 Å². The lowest BCUT2D eigenvalue weighted by Crippen LogP contribution is -2.37. The first-order valence-electron chi connectivity index (χ1n) is 12.2. The number of ether oxygens (including phenoxy) is 1. The van der Waals surface area contributed by atoms with Crippen LogP contribution < -0.4 is 15.4 Å². The van der Waals surface area contributed by atoms with E-state index in [-0.39, 0.29) is 17.6 Å². The summed E-state index contributed by atoms with van der Waals surface area (Å²) in [6.45, 7) is 8.50. The Labute approximate surface area is 217 Å². The number of carbonyl (C=O) groups is 1. The number of aromatic nitrogens is 1. The van der Waals surface area contributed by atoms with Gasteiger partial charge in [-0.3, -0.25) is 10.1 Å². The first kappa shape index (κ1) is 25.4. The van der Waals surface area contributed by atoms with Crippen LogP contribution in [0, 0.1) is 0 Å². The molecule has 36 heavy (non-hydrogen) atoms. The molecule has 4 rings (SSSR count). The van der Waals surface area contributed by atoms with Crippen molar-refractivity contribution in [2.24, 2.45) is 0 Å². The van der Waals surface area contributed by atoms with E-state index in [2.05, 4.69) is 55.4 Å². The van der Waals surface area contributed by atoms with Crippen LogP contribution in [-0.4, -0.2) is 22.6 Å². The number of hydrogen-bond acceptors (Lipinski definition) is 5. The van der Waals surface area contributed by atoms with Gasteiger partial charge in [-0.2, -0.15) is 0 Å². The maximum atomic E-state index is 12.3. The predicted molar refractivity (Wildman–Crippen MR) is 149 cm³/mol. The number of fused-ring (bicyclic) bond motifs is 1. The van der Waals surface area contributed by atoms with E-state index in [1.54, 1.807) is 0 Å². The van der Waals surface area contributed by atoms with Crippen molar-refractivity contribution in [1.29, 1.82) is 0 Å². The van der Waals surface area contributed by atoms with Crippen molar-refractivity contribution in [3.63, 3.8) is 0 Å². The third-order valence-electron chi connectivity index (χ3n) is 6.13. The summed E-state index contributed by atoms with van der Waals surface area (Å²) in [5.41, 5.74) is 5.57. The summed E-state index contributed by atoms with van der Waals surface area (Å²) in [6, 6.07) is 21.4. The largest absolute Gasteiger partial charge is 0.484 e. The van der Waals surface area contributed by atoms with Crippen molar-refractivity contribution in [3.8, 4) is 17.2 Å². The van der Waals surface area contributed by atoms with Gasteiger partial charge < -0.3 is 14.5 Å². The monoisotopic (exact) mass is 501 g/mol. The molecule has 1 unspecified atom stereocenters. The SMILES string of the molecule is CCC(C)c1ccc2oc(-c3cccc(NC(=S)NC(=O)COc4ccc(C(C)C)cc4)c3)nc2c1. The van der Waals surface area contributed by atoms with Gasteiger partial charge in [0.1, 0.15) is 11.3 Å². The molecule has 0 radical (unpaired) electrons. The second kappa shape index (κ2) is 11.4. The number of rotatable bonds is 8. The Kier molecular flexibility index (Phi) is 8.00. The lowest BCUT2D eigenvalue weighted by molar-refractivity contribution is -0.121. The van der Waals surface area contributed by atoms with Gasteiger partial charge >= 0.3 is 0 Å². The van der Waals surface area contributed by atoms with E-state index in [0.717, 1.165) is 23.1 Å². The molecule has 4 aromatic rings. The number of oxazole rings is 1. The molecule has 0 bridgehead atoms. The second-order valence-electron chi connectivity index (χ2n) is 9.15. The number of thiocarbonyl (C=S) groups is 1. The van der Waals surface area contributed by atoms with Crippen molar-refractivity contribution < 1.29 is 13.9 Å². The lowest BCUT2D eigenvalue weighted by atomic mass is 9.98. The summed E-state index contributed by atoms with van der Waals surface area (Å²) in [4.78, 5) is 17.0. The highest BCUT2D eigenvalue weighted by Gasteiger charge is 2.12. The first-order valence-corrected chi connectivity index (χ1v) is 12.6. The molecule has 7 heteroatoms. The molecule has 6 nitrogen and oxygen atoms in total. The Morgan fingerprint density at radius 3 is 2.50 bits per heavy atom. The first-order chi connectivity index (χ1) is 17.3. The minimum atomic E-state index is -0.340. The fourth-order valence-corrected chi connectivity index (χ4v) is 3.99. The molecule has 186 valence electrons. The second-order valence-corrected chi connectivity index (χ2v) is 9.56. The van der Waals surface area contributed by atoms with Gasteiger partial charge in [0.05, 0.1) is 0 Å². The molecule has 3 aromatic carbocycles. The van der Waals surface area contributed by atoms with E-state index in [1.807, 2.05) is 54.6 Å². The molecule has 0 saturated carbocycles. The van der Waals surface area contributed by atoms with Crippen LogP contribution in [0.1, 0.15) is 57.1 Å². The summed E-state index contributed by atoms with van der Waals surface area (Å²) >= 11 is 5.31. The quantitative estimate of drug-likeness (QED) is 0.253. The van der Waals surface area contributed by atoms with Crippen LogP contribution in [0.25, 0.3) is 22.6 Å². The zero-order valence-corrected chi connectivity index (χ0v) is 21.8. The Morgan fingerprint density at radius 2 is 1.78 bits per heavy atom. The van der Waals surface area contributed by atoms with Gasteiger partial charge in [-0.1, -0.05) is 52.0 Å². The minimum absolute atomic E-state index is 0.134. The molecular formula is C29H31N3O3S. The van der Waals surface area contributed by atoms with Crippen LogP contribution in [0.5, 0.6) is 5.75 Å². The van der Waals surface area contributed by atoms with Crippen LogP contribution in [-0.2, 0) is 4.79 Å². The fourth-order valence-electron chi connectivity index (χ4n) is 3.76. The molecular weight excluding hydrogens is 470 g/mol. The van der Waals surface area contributed by atoms with Gasteiger partial charge in [0.15, 0.2) is 17.3 Å². The third kappa shape index (κ3) is 6.29. The lowest BCUT2D eigenvalue weighted by Gasteiger charge is -2.11. The van der Waals surface area contributed by atoms with Crippen LogP contribution in [0.3, 0.4) is 0 Å². The Morgan fingerprint density at radius 1 is 1.03 bits per heavy atom. The average molecular weight is 502 g/mol. The summed E-state index contributed by atoms with van der Waals surface area (Å²) in [7, 11) is 0. The van der Waals surface area contributed by atoms with Crippen molar-refractivity contribution >= 4 is 40.0 Å². The number of nitrogens with zero attached hydrogens (tertiary/aromatic N) is 1. The molecule has 1 heterocycles. The Bertz CT molecular complexity index is 1360. The zero-order chi connectivity index (χ0) is 25.7. The highest BCUT2D eigenvalue weighted by Crippen LogP contribution is 2.29. The van der Waals surface area contributed by atoms with Crippen LogP contribution in [0.2, 0.25) is 0 Å². The minimum Gasteiger partial charge on any atom is -0.484 e. The summed E-state index contributed by atoms with van der Waals surface area (Å²) in [5.74, 6) is 1.73. The topological polar surface area (TPSA) is 76.4 Å². The molecule has 1 aromatic heterocycles. The number of hydrogen-bond donors (Lipinski definition) is 2. The molecule has 0 saturated heterocycles. The van der Waals surface area contributed by atoms with E-state index >= 15 is 0 Å². The Balaban J connectivity index is 1.35. The number of nitrogens with one attached hydrogen (secondary N) is 2. The maximum Gasteiger partial charge on any atom is 0.264 e. The van der Waals surface area contributed by atoms with Gasteiger partial charge in [-0.25, -0.2) is 4.98 Å². The number of amides is 1. The predicted octanol–water partition coefficient (Wildman–Crippen LogP) is 7.02. The van der Waals surface area contributed by atoms with Gasteiger partial charge in [0, 0.05) is 11.3 Å². The fraction of sp³-hybridized carbons (Fsp3) is 0.276. The summed E-state index contributed by atoms with van der Waals surface area (Å²) in [6.07, 6.45) is 1.07. The van der Waals surface area contributed by atoms with E-state index in [0.29, 0.717) is 29.2 Å². The third-order valence-corrected chi connectivity index (χ3v) is 6.33. The van der Waals surface area contributed by atoms with Crippen LogP contribution >= 0.6 is 12.2 Å². The highest BCUT2D eigenvalue weighted by atomic mass is 32.1. The normalized spacial score (nSPS) is 11.9. The van der Waals surface area contributed by atoms with E-state index in [4.69, 9.17) is 21.4 Å². The van der Waals surface area contributed by atoms with Crippen LogP contribution in [0.4, 0.5) is 5.69 Å². The molecule has 0 fully saturated rings. The van der Waals surface area contributed by atoms with Crippen molar-refractivity contribution in [1.82, 2.24) is 10.3 Å². The average Bonchev–Trinajstić information content (AvgIpc) is 3.31. The highest BCUT2D eigenvalue weighted by molar-refractivity contribution is 7.80. The van der Waals surface area contributed by atoms with Crippen molar-refractivity contribution in [2.75, 3.05) is 11.9 Å². The standard InChI is InChI=1S/C29H31N3O3S/c1-5-19(4)21-11-14-26-25(16-21)31-28(35-26)22-7-6-8-23(15-22)30-29(36)32-27(33)17-34-24-12-9-20(10-13-24)18(2)3/h6-16,18-19H,5,17H2,1-4H3,(H2,30,32,33,36). The van der Waals surface area contributed by atoms with Gasteiger partial charge in [0.2, 0.25) is 5.89 Å². The Hall–Kier alpha value is -3.71. The molecule has 1 amide bonds. The molecule has 0 aliphatic carbocycles. The molecule has 0 aliphatic heterocycles. The van der Waals surface area contributed by atoms with E-state index < -0.39 is 0 Å². The van der Waals surface area contributed by atoms with Gasteiger partial charge in [-0.05, 0) is 84.1 Å². The number of carbonyl (C=O) groups excluding carboxylic acids is 1. The summed E-state index contributed by atoms with van der Waals surface area (Å²) < 4.78 is 11.6. The van der Waals surface area contributed by atoms with E-state index in [9.17, 15) is 4.79 Å². The summed E-state index contributed by atoms with van der Waals surface area (Å²) in [5, 5.41) is 5.88. The van der Waals surface area contributed by atoms with E-state index in [1.165, 1.54) is 11.1 Å². The maximum absolute atomic E-state index is 12.3. The molecule has 1 atom stereocenters.